The van der Waals surface area contributed by atoms with Crippen LogP contribution in [0.1, 0.15) is 28.3 Å². The van der Waals surface area contributed by atoms with E-state index in [1.54, 1.807) is 24.3 Å². The highest BCUT2D eigenvalue weighted by molar-refractivity contribution is 5.78. The number of benzene rings is 3. The molecule has 1 amide bonds. The Morgan fingerprint density at radius 3 is 2.22 bits per heavy atom. The molecular weight excluding hydrogens is 336 g/mol. The van der Waals surface area contributed by atoms with Crippen LogP contribution in [0, 0.1) is 18.3 Å². The number of amides is 1. The summed E-state index contributed by atoms with van der Waals surface area (Å²) in [6.45, 7) is 1.94. The van der Waals surface area contributed by atoms with E-state index in [0.717, 1.165) is 11.1 Å². The fourth-order valence-electron chi connectivity index (χ4n) is 2.74. The molecule has 0 saturated carbocycles. The number of carbonyl (C=O) groups excluding carboxylic acids is 1. The molecular formula is C23H20N2O2. The number of aryl methyl sites for hydroxylation is 1. The van der Waals surface area contributed by atoms with Crippen LogP contribution < -0.4 is 10.1 Å². The summed E-state index contributed by atoms with van der Waals surface area (Å²) in [7, 11) is 0. The predicted molar refractivity (Wildman–Crippen MR) is 104 cm³/mol. The smallest absolute Gasteiger partial charge is 0.258 e. The maximum Gasteiger partial charge on any atom is 0.258 e. The van der Waals surface area contributed by atoms with Crippen LogP contribution in [-0.2, 0) is 4.79 Å². The molecule has 0 aliphatic heterocycles. The molecule has 0 aliphatic carbocycles. The van der Waals surface area contributed by atoms with Gasteiger partial charge in [-0.25, -0.2) is 0 Å². The molecule has 0 radical (unpaired) electrons. The Morgan fingerprint density at radius 2 is 1.59 bits per heavy atom. The van der Waals surface area contributed by atoms with Gasteiger partial charge in [-0.1, -0.05) is 60.2 Å². The molecule has 0 saturated heterocycles. The standard InChI is InChI=1S/C23H20N2O2/c1-17-7-11-20(12-8-17)23(19-5-3-2-4-6-19)25-22(26)16-27-21-13-9-18(15-24)10-14-21/h2-14,23H,16H2,1H3,(H,25,26). The van der Waals surface area contributed by atoms with Gasteiger partial charge in [-0.05, 0) is 42.3 Å². The number of rotatable bonds is 6. The summed E-state index contributed by atoms with van der Waals surface area (Å²) in [5.74, 6) is 0.338. The first-order chi connectivity index (χ1) is 13.2. The molecule has 1 N–H and O–H groups in total. The summed E-state index contributed by atoms with van der Waals surface area (Å²) in [6.07, 6.45) is 0. The highest BCUT2D eigenvalue weighted by atomic mass is 16.5. The average Bonchev–Trinajstić information content (AvgIpc) is 2.72. The maximum atomic E-state index is 12.5. The lowest BCUT2D eigenvalue weighted by Crippen LogP contribution is -2.33. The molecule has 3 aromatic carbocycles. The summed E-state index contributed by atoms with van der Waals surface area (Å²) < 4.78 is 5.54. The Bertz CT molecular complexity index is 927. The Hall–Kier alpha value is -3.58. The highest BCUT2D eigenvalue weighted by Crippen LogP contribution is 2.22. The average molecular weight is 356 g/mol. The second kappa shape index (κ2) is 8.68. The summed E-state index contributed by atoms with van der Waals surface area (Å²) in [5.41, 5.74) is 3.74. The van der Waals surface area contributed by atoms with Crippen molar-refractivity contribution in [2.45, 2.75) is 13.0 Å². The summed E-state index contributed by atoms with van der Waals surface area (Å²) >= 11 is 0. The van der Waals surface area contributed by atoms with Crippen molar-refractivity contribution in [2.24, 2.45) is 0 Å². The van der Waals surface area contributed by atoms with Gasteiger partial charge in [0.25, 0.3) is 5.91 Å². The monoisotopic (exact) mass is 356 g/mol. The van der Waals surface area contributed by atoms with E-state index >= 15 is 0 Å². The summed E-state index contributed by atoms with van der Waals surface area (Å²) in [6, 6.07) is 26.4. The minimum atomic E-state index is -0.246. The van der Waals surface area contributed by atoms with Crippen LogP contribution in [0.5, 0.6) is 5.75 Å². The molecule has 4 nitrogen and oxygen atoms in total. The second-order valence-electron chi connectivity index (χ2n) is 6.25. The Morgan fingerprint density at radius 1 is 0.963 bits per heavy atom. The molecule has 4 heteroatoms. The van der Waals surface area contributed by atoms with E-state index in [1.165, 1.54) is 5.56 Å². The Labute approximate surface area is 159 Å². The van der Waals surface area contributed by atoms with Crippen molar-refractivity contribution in [3.63, 3.8) is 0 Å². The number of nitrogens with zero attached hydrogens (tertiary/aromatic N) is 1. The maximum absolute atomic E-state index is 12.5. The first-order valence-corrected chi connectivity index (χ1v) is 8.69. The molecule has 134 valence electrons. The first kappa shape index (κ1) is 18.2. The molecule has 0 bridgehead atoms. The molecule has 0 aromatic heterocycles. The van der Waals surface area contributed by atoms with Crippen LogP contribution in [0.25, 0.3) is 0 Å². The lowest BCUT2D eigenvalue weighted by molar-refractivity contribution is -0.123. The van der Waals surface area contributed by atoms with Crippen molar-refractivity contribution in [2.75, 3.05) is 6.61 Å². The Kier molecular flexibility index (Phi) is 5.86. The summed E-state index contributed by atoms with van der Waals surface area (Å²) in [5, 5.41) is 11.9. The van der Waals surface area contributed by atoms with Crippen LogP contribution in [0.15, 0.2) is 78.9 Å². The van der Waals surface area contributed by atoms with E-state index in [2.05, 4.69) is 11.4 Å². The van der Waals surface area contributed by atoms with Crippen LogP contribution in [0.2, 0.25) is 0 Å². The van der Waals surface area contributed by atoms with Crippen molar-refractivity contribution < 1.29 is 9.53 Å². The zero-order chi connectivity index (χ0) is 19.1. The molecule has 0 fully saturated rings. The minimum Gasteiger partial charge on any atom is -0.484 e. The SMILES string of the molecule is Cc1ccc(C(NC(=O)COc2ccc(C#N)cc2)c2ccccc2)cc1. The van der Waals surface area contributed by atoms with Gasteiger partial charge in [0.05, 0.1) is 17.7 Å². The number of hydrogen-bond donors (Lipinski definition) is 1. The molecule has 1 atom stereocenters. The number of nitrogens with one attached hydrogen (secondary N) is 1. The van der Waals surface area contributed by atoms with Crippen molar-refractivity contribution in [3.05, 3.63) is 101 Å². The zero-order valence-corrected chi connectivity index (χ0v) is 15.1. The lowest BCUT2D eigenvalue weighted by atomic mass is 9.98. The van der Waals surface area contributed by atoms with Crippen molar-refractivity contribution >= 4 is 5.91 Å². The predicted octanol–water partition coefficient (Wildman–Crippen LogP) is 4.15. The number of carbonyl (C=O) groups is 1. The van der Waals surface area contributed by atoms with E-state index < -0.39 is 0 Å². The largest absolute Gasteiger partial charge is 0.484 e. The number of hydrogen-bond acceptors (Lipinski definition) is 3. The molecule has 0 heterocycles. The van der Waals surface area contributed by atoms with Crippen LogP contribution in [0.3, 0.4) is 0 Å². The number of ether oxygens (including phenoxy) is 1. The fraction of sp³-hybridized carbons (Fsp3) is 0.130. The number of nitriles is 1. The van der Waals surface area contributed by atoms with Gasteiger partial charge in [0.2, 0.25) is 0 Å². The topological polar surface area (TPSA) is 62.1 Å². The van der Waals surface area contributed by atoms with Crippen LogP contribution in [0.4, 0.5) is 0 Å². The summed E-state index contributed by atoms with van der Waals surface area (Å²) in [4.78, 5) is 12.5. The third kappa shape index (κ3) is 4.96. The van der Waals surface area contributed by atoms with Crippen molar-refractivity contribution in [1.29, 1.82) is 5.26 Å². The highest BCUT2D eigenvalue weighted by Gasteiger charge is 2.17. The third-order valence-electron chi connectivity index (χ3n) is 4.20. The molecule has 1 unspecified atom stereocenters. The van der Waals surface area contributed by atoms with Gasteiger partial charge < -0.3 is 10.1 Å². The van der Waals surface area contributed by atoms with Gasteiger partial charge in [0, 0.05) is 0 Å². The molecule has 0 spiro atoms. The van der Waals surface area contributed by atoms with E-state index in [9.17, 15) is 4.79 Å². The lowest BCUT2D eigenvalue weighted by Gasteiger charge is -2.20. The van der Waals surface area contributed by atoms with Gasteiger partial charge >= 0.3 is 0 Å². The normalized spacial score (nSPS) is 11.3. The van der Waals surface area contributed by atoms with Crippen molar-refractivity contribution in [1.82, 2.24) is 5.32 Å². The van der Waals surface area contributed by atoms with Gasteiger partial charge in [0.1, 0.15) is 5.75 Å². The van der Waals surface area contributed by atoms with Gasteiger partial charge in [-0.2, -0.15) is 5.26 Å². The molecule has 3 rings (SSSR count). The fourth-order valence-corrected chi connectivity index (χ4v) is 2.74. The third-order valence-corrected chi connectivity index (χ3v) is 4.20. The second-order valence-corrected chi connectivity index (χ2v) is 6.25. The quantitative estimate of drug-likeness (QED) is 0.722. The van der Waals surface area contributed by atoms with Gasteiger partial charge in [-0.15, -0.1) is 0 Å². The van der Waals surface area contributed by atoms with E-state index in [-0.39, 0.29) is 18.6 Å². The Balaban J connectivity index is 1.70. The van der Waals surface area contributed by atoms with Gasteiger partial charge in [0.15, 0.2) is 6.61 Å². The van der Waals surface area contributed by atoms with E-state index in [4.69, 9.17) is 10.00 Å². The molecule has 0 aliphatic rings. The van der Waals surface area contributed by atoms with Gasteiger partial charge in [-0.3, -0.25) is 4.79 Å². The van der Waals surface area contributed by atoms with Crippen LogP contribution in [-0.4, -0.2) is 12.5 Å². The van der Waals surface area contributed by atoms with Crippen molar-refractivity contribution in [3.8, 4) is 11.8 Å². The first-order valence-electron chi connectivity index (χ1n) is 8.69. The molecule has 3 aromatic rings. The molecule has 27 heavy (non-hydrogen) atoms. The minimum absolute atomic E-state index is 0.0961. The van der Waals surface area contributed by atoms with E-state index in [1.807, 2.05) is 61.5 Å². The zero-order valence-electron chi connectivity index (χ0n) is 15.1. The van der Waals surface area contributed by atoms with E-state index in [0.29, 0.717) is 11.3 Å². The van der Waals surface area contributed by atoms with Crippen LogP contribution >= 0.6 is 0 Å².